The predicted octanol–water partition coefficient (Wildman–Crippen LogP) is 2.31. The highest BCUT2D eigenvalue weighted by molar-refractivity contribution is 7.89. The van der Waals surface area contributed by atoms with Crippen molar-refractivity contribution in [2.24, 2.45) is 5.92 Å². The molecule has 0 aliphatic carbocycles. The molecule has 1 aromatic carbocycles. The van der Waals surface area contributed by atoms with E-state index in [9.17, 15) is 8.42 Å². The lowest BCUT2D eigenvalue weighted by Gasteiger charge is -2.37. The van der Waals surface area contributed by atoms with Gasteiger partial charge in [-0.25, -0.2) is 8.42 Å². The van der Waals surface area contributed by atoms with Gasteiger partial charge in [0.05, 0.1) is 4.90 Å². The number of sulfonamides is 1. The summed E-state index contributed by atoms with van der Waals surface area (Å²) in [4.78, 5) is 0.450. The minimum absolute atomic E-state index is 0.379. The highest BCUT2D eigenvalue weighted by Crippen LogP contribution is 2.27. The monoisotopic (exact) mass is 310 g/mol. The summed E-state index contributed by atoms with van der Waals surface area (Å²) < 4.78 is 27.4. The maximum absolute atomic E-state index is 12.9. The van der Waals surface area contributed by atoms with E-state index in [1.165, 1.54) is 0 Å². The van der Waals surface area contributed by atoms with Gasteiger partial charge in [-0.05, 0) is 44.9 Å². The zero-order valence-electron chi connectivity index (χ0n) is 13.4. The molecule has 2 atom stereocenters. The van der Waals surface area contributed by atoms with Crippen LogP contribution in [0.15, 0.2) is 23.1 Å². The molecule has 0 amide bonds. The van der Waals surface area contributed by atoms with Gasteiger partial charge in [0.25, 0.3) is 0 Å². The van der Waals surface area contributed by atoms with E-state index in [4.69, 9.17) is 0 Å². The number of aryl methyl sites for hydroxylation is 2. The first-order chi connectivity index (χ1) is 9.90. The van der Waals surface area contributed by atoms with E-state index in [0.29, 0.717) is 29.9 Å². The molecule has 5 heteroatoms. The molecule has 118 valence electrons. The van der Waals surface area contributed by atoms with Crippen molar-refractivity contribution in [1.82, 2.24) is 9.62 Å². The van der Waals surface area contributed by atoms with Crippen LogP contribution in [0.25, 0.3) is 0 Å². The number of hydrogen-bond acceptors (Lipinski definition) is 3. The minimum atomic E-state index is -3.38. The third-order valence-electron chi connectivity index (χ3n) is 4.54. The summed E-state index contributed by atoms with van der Waals surface area (Å²) in [6.07, 6.45) is 1.86. The Balaban J connectivity index is 2.28. The second kappa shape index (κ2) is 6.46. The molecule has 0 spiro atoms. The number of nitrogens with one attached hydrogen (secondary N) is 1. The van der Waals surface area contributed by atoms with Crippen LogP contribution in [0.4, 0.5) is 0 Å². The highest BCUT2D eigenvalue weighted by atomic mass is 32.2. The number of piperidine rings is 1. The molecule has 1 aliphatic heterocycles. The highest BCUT2D eigenvalue weighted by Gasteiger charge is 2.34. The fourth-order valence-corrected chi connectivity index (χ4v) is 4.96. The van der Waals surface area contributed by atoms with Crippen LogP contribution in [0.2, 0.25) is 0 Å². The van der Waals surface area contributed by atoms with E-state index < -0.39 is 10.0 Å². The van der Waals surface area contributed by atoms with Gasteiger partial charge in [0, 0.05) is 19.1 Å². The lowest BCUT2D eigenvalue weighted by Crippen LogP contribution is -2.50. The van der Waals surface area contributed by atoms with E-state index in [1.807, 2.05) is 33.0 Å². The lowest BCUT2D eigenvalue weighted by atomic mass is 9.91. The van der Waals surface area contributed by atoms with Crippen molar-refractivity contribution in [1.29, 1.82) is 0 Å². The predicted molar refractivity (Wildman–Crippen MR) is 85.9 cm³/mol. The molecule has 1 saturated heterocycles. The first-order valence-corrected chi connectivity index (χ1v) is 9.08. The summed E-state index contributed by atoms with van der Waals surface area (Å²) >= 11 is 0. The fourth-order valence-electron chi connectivity index (χ4n) is 3.24. The largest absolute Gasteiger partial charge is 0.317 e. The Bertz CT molecular complexity index is 598. The average Bonchev–Trinajstić information content (AvgIpc) is 2.46. The summed E-state index contributed by atoms with van der Waals surface area (Å²) in [6, 6.07) is 5.97. The van der Waals surface area contributed by atoms with Crippen molar-refractivity contribution in [3.8, 4) is 0 Å². The standard InChI is InChI=1S/C16H26N2O2S/c1-5-14-11-18(9-8-15(14)17-4)21(19,20)16-7-6-12(2)10-13(16)3/h6-7,10,14-15,17H,5,8-9,11H2,1-4H3. The van der Waals surface area contributed by atoms with Gasteiger partial charge >= 0.3 is 0 Å². The van der Waals surface area contributed by atoms with Crippen LogP contribution in [0.5, 0.6) is 0 Å². The van der Waals surface area contributed by atoms with Crippen molar-refractivity contribution in [3.63, 3.8) is 0 Å². The molecule has 1 N–H and O–H groups in total. The summed E-state index contributed by atoms with van der Waals surface area (Å²) in [5, 5.41) is 3.31. The van der Waals surface area contributed by atoms with Crippen molar-refractivity contribution in [2.75, 3.05) is 20.1 Å². The number of rotatable bonds is 4. The first-order valence-electron chi connectivity index (χ1n) is 7.64. The van der Waals surface area contributed by atoms with Gasteiger partial charge in [-0.1, -0.05) is 31.0 Å². The minimum Gasteiger partial charge on any atom is -0.317 e. The number of nitrogens with zero attached hydrogens (tertiary/aromatic N) is 1. The van der Waals surface area contributed by atoms with Crippen LogP contribution in [-0.2, 0) is 10.0 Å². The third kappa shape index (κ3) is 3.30. The Morgan fingerprint density at radius 2 is 2.05 bits per heavy atom. The Hall–Kier alpha value is -0.910. The quantitative estimate of drug-likeness (QED) is 0.928. The molecule has 0 saturated carbocycles. The van der Waals surface area contributed by atoms with Crippen molar-refractivity contribution in [3.05, 3.63) is 29.3 Å². The Morgan fingerprint density at radius 3 is 2.62 bits per heavy atom. The van der Waals surface area contributed by atoms with Gasteiger partial charge in [-0.3, -0.25) is 0 Å². The Labute approximate surface area is 128 Å². The van der Waals surface area contributed by atoms with Gasteiger partial charge in [0.1, 0.15) is 0 Å². The molecule has 0 aromatic heterocycles. The molecule has 21 heavy (non-hydrogen) atoms. The fraction of sp³-hybridized carbons (Fsp3) is 0.625. The molecular formula is C16H26N2O2S. The number of benzene rings is 1. The van der Waals surface area contributed by atoms with E-state index in [-0.39, 0.29) is 0 Å². The second-order valence-electron chi connectivity index (χ2n) is 5.98. The molecule has 1 aliphatic rings. The summed E-state index contributed by atoms with van der Waals surface area (Å²) in [5.41, 5.74) is 1.92. The van der Waals surface area contributed by atoms with E-state index in [2.05, 4.69) is 12.2 Å². The third-order valence-corrected chi connectivity index (χ3v) is 6.57. The smallest absolute Gasteiger partial charge is 0.243 e. The maximum atomic E-state index is 12.9. The van der Waals surface area contributed by atoms with Gasteiger partial charge in [0.2, 0.25) is 10.0 Å². The van der Waals surface area contributed by atoms with Crippen LogP contribution in [0, 0.1) is 19.8 Å². The van der Waals surface area contributed by atoms with Crippen molar-refractivity contribution >= 4 is 10.0 Å². The number of hydrogen-bond donors (Lipinski definition) is 1. The maximum Gasteiger partial charge on any atom is 0.243 e. The van der Waals surface area contributed by atoms with Crippen LogP contribution in [0.3, 0.4) is 0 Å². The van der Waals surface area contributed by atoms with Gasteiger partial charge in [-0.15, -0.1) is 0 Å². The van der Waals surface area contributed by atoms with Gasteiger partial charge in [-0.2, -0.15) is 4.31 Å². The van der Waals surface area contributed by atoms with E-state index in [0.717, 1.165) is 24.0 Å². The van der Waals surface area contributed by atoms with E-state index in [1.54, 1.807) is 10.4 Å². The molecule has 1 heterocycles. The average molecular weight is 310 g/mol. The molecule has 1 fully saturated rings. The zero-order valence-corrected chi connectivity index (χ0v) is 14.2. The normalized spacial score (nSPS) is 24.2. The lowest BCUT2D eigenvalue weighted by molar-refractivity contribution is 0.209. The Morgan fingerprint density at radius 1 is 1.33 bits per heavy atom. The van der Waals surface area contributed by atoms with Gasteiger partial charge < -0.3 is 5.32 Å². The molecule has 0 bridgehead atoms. The van der Waals surface area contributed by atoms with Crippen molar-refractivity contribution < 1.29 is 8.42 Å². The van der Waals surface area contributed by atoms with Crippen LogP contribution in [0.1, 0.15) is 30.9 Å². The molecule has 4 nitrogen and oxygen atoms in total. The van der Waals surface area contributed by atoms with Gasteiger partial charge in [0.15, 0.2) is 0 Å². The summed E-state index contributed by atoms with van der Waals surface area (Å²) in [5.74, 6) is 0.379. The zero-order chi connectivity index (χ0) is 15.6. The molecule has 1 aromatic rings. The molecule has 2 unspecified atom stereocenters. The van der Waals surface area contributed by atoms with Crippen LogP contribution >= 0.6 is 0 Å². The van der Waals surface area contributed by atoms with Crippen LogP contribution < -0.4 is 5.32 Å². The summed E-state index contributed by atoms with van der Waals surface area (Å²) in [7, 11) is -1.42. The molecule has 0 radical (unpaired) electrons. The Kier molecular flexibility index (Phi) is 5.07. The first kappa shape index (κ1) is 16.5. The SMILES string of the molecule is CCC1CN(S(=O)(=O)c2ccc(C)cc2C)CCC1NC. The molecule has 2 rings (SSSR count). The second-order valence-corrected chi connectivity index (χ2v) is 7.89. The summed E-state index contributed by atoms with van der Waals surface area (Å²) in [6.45, 7) is 7.18. The van der Waals surface area contributed by atoms with E-state index >= 15 is 0 Å². The van der Waals surface area contributed by atoms with Crippen molar-refractivity contribution in [2.45, 2.75) is 44.6 Å². The molecular weight excluding hydrogens is 284 g/mol. The topological polar surface area (TPSA) is 49.4 Å². The van der Waals surface area contributed by atoms with Crippen LogP contribution in [-0.4, -0.2) is 38.9 Å².